The van der Waals surface area contributed by atoms with E-state index >= 15 is 0 Å². The smallest absolute Gasteiger partial charge is 0.232 e. The minimum Gasteiger partial charge on any atom is -0.326 e. The second-order valence-corrected chi connectivity index (χ2v) is 5.03. The van der Waals surface area contributed by atoms with Gasteiger partial charge in [-0.1, -0.05) is 6.07 Å². The monoisotopic (exact) mass is 232 g/mol. The van der Waals surface area contributed by atoms with Gasteiger partial charge in [0.1, 0.15) is 5.82 Å². The third-order valence-corrected chi connectivity index (χ3v) is 3.21. The van der Waals surface area contributed by atoms with E-state index in [-0.39, 0.29) is 18.0 Å². The predicted octanol–water partition coefficient (Wildman–Crippen LogP) is 1.05. The van der Waals surface area contributed by atoms with E-state index < -0.39 is 15.8 Å². The molecule has 1 aromatic carbocycles. The lowest BCUT2D eigenvalue weighted by Crippen LogP contribution is -2.15. The topological polar surface area (TPSA) is 72.2 Å². The maximum absolute atomic E-state index is 13.3. The molecule has 0 atom stereocenters. The molecule has 0 aliphatic carbocycles. The maximum atomic E-state index is 13.3. The van der Waals surface area contributed by atoms with Crippen LogP contribution in [0.5, 0.6) is 0 Å². The van der Waals surface area contributed by atoms with Gasteiger partial charge in [-0.05, 0) is 24.6 Å². The summed E-state index contributed by atoms with van der Waals surface area (Å²) in [7, 11) is -3.44. The summed E-state index contributed by atoms with van der Waals surface area (Å²) in [6.45, 7) is 1.70. The predicted molar refractivity (Wildman–Crippen MR) is 57.4 cm³/mol. The van der Waals surface area contributed by atoms with Crippen molar-refractivity contribution in [2.45, 2.75) is 13.5 Å². The summed E-state index contributed by atoms with van der Waals surface area (Å²) in [5, 5.41) is 0. The van der Waals surface area contributed by atoms with E-state index in [1.54, 1.807) is 6.07 Å². The summed E-state index contributed by atoms with van der Waals surface area (Å²) in [5.74, 6) is -0.708. The number of anilines is 1. The van der Waals surface area contributed by atoms with Crippen molar-refractivity contribution in [3.8, 4) is 0 Å². The van der Waals surface area contributed by atoms with Gasteiger partial charge in [0.05, 0.1) is 11.4 Å². The fourth-order valence-electron chi connectivity index (χ4n) is 1.01. The zero-order valence-corrected chi connectivity index (χ0v) is 9.14. The van der Waals surface area contributed by atoms with Crippen LogP contribution in [-0.4, -0.2) is 14.2 Å². The molecule has 1 aromatic rings. The summed E-state index contributed by atoms with van der Waals surface area (Å²) in [4.78, 5) is 0. The van der Waals surface area contributed by atoms with Gasteiger partial charge in [0.2, 0.25) is 10.0 Å². The first-order chi connectivity index (χ1) is 6.98. The number of halogens is 1. The van der Waals surface area contributed by atoms with Crippen molar-refractivity contribution in [1.29, 1.82) is 0 Å². The van der Waals surface area contributed by atoms with E-state index in [1.165, 1.54) is 19.1 Å². The standard InChI is InChI=1S/C9H13FN2O2S/c1-2-15(13,14)12-9-4-3-7(6-11)5-8(9)10/h3-5,12H,2,6,11H2,1H3. The molecule has 0 heterocycles. The lowest BCUT2D eigenvalue weighted by atomic mass is 10.2. The Kier molecular flexibility index (Phi) is 3.65. The Morgan fingerprint density at radius 1 is 1.47 bits per heavy atom. The largest absolute Gasteiger partial charge is 0.326 e. The van der Waals surface area contributed by atoms with E-state index in [0.29, 0.717) is 5.56 Å². The lowest BCUT2D eigenvalue weighted by Gasteiger charge is -2.07. The summed E-state index contributed by atoms with van der Waals surface area (Å²) in [5.41, 5.74) is 5.89. The first-order valence-electron chi connectivity index (χ1n) is 4.47. The number of sulfonamides is 1. The molecule has 3 N–H and O–H groups in total. The fourth-order valence-corrected chi connectivity index (χ4v) is 1.65. The molecule has 84 valence electrons. The van der Waals surface area contributed by atoms with Crippen LogP contribution in [-0.2, 0) is 16.6 Å². The van der Waals surface area contributed by atoms with E-state index in [0.717, 1.165) is 0 Å². The molecule has 0 amide bonds. The van der Waals surface area contributed by atoms with E-state index in [4.69, 9.17) is 5.73 Å². The molecule has 4 nitrogen and oxygen atoms in total. The quantitative estimate of drug-likeness (QED) is 0.815. The van der Waals surface area contributed by atoms with Crippen LogP contribution >= 0.6 is 0 Å². The van der Waals surface area contributed by atoms with Gasteiger partial charge in [0, 0.05) is 6.54 Å². The number of nitrogens with one attached hydrogen (secondary N) is 1. The molecule has 15 heavy (non-hydrogen) atoms. The molecule has 0 spiro atoms. The normalized spacial score (nSPS) is 11.4. The van der Waals surface area contributed by atoms with Crippen molar-refractivity contribution in [2.24, 2.45) is 5.73 Å². The van der Waals surface area contributed by atoms with Gasteiger partial charge >= 0.3 is 0 Å². The zero-order valence-electron chi connectivity index (χ0n) is 8.33. The minimum absolute atomic E-state index is 0.0472. The number of rotatable bonds is 4. The van der Waals surface area contributed by atoms with Crippen LogP contribution in [0.2, 0.25) is 0 Å². The molecular weight excluding hydrogens is 219 g/mol. The average molecular weight is 232 g/mol. The van der Waals surface area contributed by atoms with Gasteiger partial charge in [-0.15, -0.1) is 0 Å². The highest BCUT2D eigenvalue weighted by molar-refractivity contribution is 7.92. The maximum Gasteiger partial charge on any atom is 0.232 e. The third-order valence-electron chi connectivity index (χ3n) is 1.91. The van der Waals surface area contributed by atoms with Crippen LogP contribution < -0.4 is 10.5 Å². The molecule has 0 saturated heterocycles. The highest BCUT2D eigenvalue weighted by Crippen LogP contribution is 2.16. The van der Waals surface area contributed by atoms with Gasteiger partial charge < -0.3 is 5.73 Å². The van der Waals surface area contributed by atoms with Crippen molar-refractivity contribution in [2.75, 3.05) is 10.5 Å². The van der Waals surface area contributed by atoms with Crippen molar-refractivity contribution < 1.29 is 12.8 Å². The SMILES string of the molecule is CCS(=O)(=O)Nc1ccc(CN)cc1F. The second kappa shape index (κ2) is 4.59. The molecule has 0 saturated carbocycles. The van der Waals surface area contributed by atoms with Gasteiger partial charge in [-0.3, -0.25) is 4.72 Å². The van der Waals surface area contributed by atoms with Crippen molar-refractivity contribution in [3.05, 3.63) is 29.6 Å². The first kappa shape index (κ1) is 11.9. The number of nitrogens with two attached hydrogens (primary N) is 1. The van der Waals surface area contributed by atoms with E-state index in [9.17, 15) is 12.8 Å². The second-order valence-electron chi connectivity index (χ2n) is 3.02. The Morgan fingerprint density at radius 2 is 2.13 bits per heavy atom. The molecule has 0 bridgehead atoms. The van der Waals surface area contributed by atoms with E-state index in [1.807, 2.05) is 0 Å². The van der Waals surface area contributed by atoms with Crippen molar-refractivity contribution in [1.82, 2.24) is 0 Å². The molecule has 0 aromatic heterocycles. The molecule has 1 rings (SSSR count). The van der Waals surface area contributed by atoms with Crippen LogP contribution in [0.25, 0.3) is 0 Å². The molecule has 0 aliphatic rings. The molecular formula is C9H13FN2O2S. The average Bonchev–Trinajstić information content (AvgIpc) is 2.21. The van der Waals surface area contributed by atoms with Crippen molar-refractivity contribution in [3.63, 3.8) is 0 Å². The summed E-state index contributed by atoms with van der Waals surface area (Å²) in [6, 6.07) is 4.16. The lowest BCUT2D eigenvalue weighted by molar-refractivity contribution is 0.599. The van der Waals surface area contributed by atoms with Gasteiger partial charge in [-0.2, -0.15) is 0 Å². The van der Waals surface area contributed by atoms with Gasteiger partial charge in [0.25, 0.3) is 0 Å². The molecule has 6 heteroatoms. The Hall–Kier alpha value is -1.14. The molecule has 0 radical (unpaired) electrons. The third kappa shape index (κ3) is 3.17. The molecule has 0 fully saturated rings. The van der Waals surface area contributed by atoms with Crippen LogP contribution in [0.4, 0.5) is 10.1 Å². The van der Waals surface area contributed by atoms with Crippen LogP contribution in [0, 0.1) is 5.82 Å². The Bertz CT molecular complexity index is 445. The Balaban J connectivity index is 2.97. The highest BCUT2D eigenvalue weighted by Gasteiger charge is 2.10. The summed E-state index contributed by atoms with van der Waals surface area (Å²) < 4.78 is 37.8. The van der Waals surface area contributed by atoms with Gasteiger partial charge in [0.15, 0.2) is 0 Å². The molecule has 0 aliphatic heterocycles. The zero-order chi connectivity index (χ0) is 11.5. The summed E-state index contributed by atoms with van der Waals surface area (Å²) >= 11 is 0. The molecule has 0 unspecified atom stereocenters. The van der Waals surface area contributed by atoms with Crippen molar-refractivity contribution >= 4 is 15.7 Å². The van der Waals surface area contributed by atoms with Crippen LogP contribution in [0.3, 0.4) is 0 Å². The minimum atomic E-state index is -3.44. The van der Waals surface area contributed by atoms with E-state index in [2.05, 4.69) is 4.72 Å². The Labute approximate surface area is 88.3 Å². The Morgan fingerprint density at radius 3 is 2.60 bits per heavy atom. The van der Waals surface area contributed by atoms with Crippen LogP contribution in [0.1, 0.15) is 12.5 Å². The number of hydrogen-bond donors (Lipinski definition) is 2. The van der Waals surface area contributed by atoms with Crippen LogP contribution in [0.15, 0.2) is 18.2 Å². The van der Waals surface area contributed by atoms with Gasteiger partial charge in [-0.25, -0.2) is 12.8 Å². The summed E-state index contributed by atoms with van der Waals surface area (Å²) in [6.07, 6.45) is 0. The fraction of sp³-hybridized carbons (Fsp3) is 0.333. The number of benzene rings is 1. The first-order valence-corrected chi connectivity index (χ1v) is 6.12. The highest BCUT2D eigenvalue weighted by atomic mass is 32.2. The number of hydrogen-bond acceptors (Lipinski definition) is 3.